The first-order valence-electron chi connectivity index (χ1n) is 7.95. The summed E-state index contributed by atoms with van der Waals surface area (Å²) in [6.07, 6.45) is 3.00. The van der Waals surface area contributed by atoms with Crippen molar-refractivity contribution in [1.82, 2.24) is 24.6 Å². The van der Waals surface area contributed by atoms with Gasteiger partial charge < -0.3 is 5.32 Å². The van der Waals surface area contributed by atoms with E-state index in [-0.39, 0.29) is 11.5 Å². The van der Waals surface area contributed by atoms with Crippen LogP contribution in [0, 0.1) is 6.92 Å². The number of hydrogen-bond donors (Lipinski definition) is 1. The molecule has 0 aliphatic heterocycles. The lowest BCUT2D eigenvalue weighted by molar-refractivity contribution is 0.0942. The maximum absolute atomic E-state index is 12.4. The summed E-state index contributed by atoms with van der Waals surface area (Å²) < 4.78 is 3.03. The molecule has 2 heterocycles. The van der Waals surface area contributed by atoms with Gasteiger partial charge >= 0.3 is 0 Å². The second-order valence-electron chi connectivity index (χ2n) is 5.74. The number of nitrogens with one attached hydrogen (secondary N) is 1. The average molecular weight is 337 g/mol. The molecule has 1 aromatic carbocycles. The summed E-state index contributed by atoms with van der Waals surface area (Å²) in [5.74, 6) is -0.231. The standard InChI is InChI=1S/C18H19N5O2/c1-13-11-19-12-23(18(13)25)9-8-20-17(24)16-10-15(21-22(16)2)14-6-4-3-5-7-14/h3-7,10-12H,8-9H2,1-2H3,(H,20,24). The van der Waals surface area contributed by atoms with Crippen molar-refractivity contribution >= 4 is 5.91 Å². The third-order valence-corrected chi connectivity index (χ3v) is 3.89. The molecule has 0 radical (unpaired) electrons. The first-order chi connectivity index (χ1) is 12.1. The molecule has 0 aliphatic carbocycles. The summed E-state index contributed by atoms with van der Waals surface area (Å²) in [5, 5.41) is 7.20. The zero-order valence-electron chi connectivity index (χ0n) is 14.1. The number of benzene rings is 1. The van der Waals surface area contributed by atoms with E-state index in [4.69, 9.17) is 0 Å². The van der Waals surface area contributed by atoms with Gasteiger partial charge in [-0.1, -0.05) is 30.3 Å². The molecule has 7 nitrogen and oxygen atoms in total. The van der Waals surface area contributed by atoms with Gasteiger partial charge in [-0.2, -0.15) is 5.10 Å². The lowest BCUT2D eigenvalue weighted by atomic mass is 10.1. The quantitative estimate of drug-likeness (QED) is 0.763. The zero-order chi connectivity index (χ0) is 17.8. The van der Waals surface area contributed by atoms with Gasteiger partial charge in [0.25, 0.3) is 11.5 Å². The first-order valence-corrected chi connectivity index (χ1v) is 7.95. The molecule has 25 heavy (non-hydrogen) atoms. The zero-order valence-corrected chi connectivity index (χ0v) is 14.1. The van der Waals surface area contributed by atoms with Gasteiger partial charge in [0.1, 0.15) is 5.69 Å². The summed E-state index contributed by atoms with van der Waals surface area (Å²) in [6, 6.07) is 11.4. The van der Waals surface area contributed by atoms with Crippen LogP contribution in [0.4, 0.5) is 0 Å². The lowest BCUT2D eigenvalue weighted by Crippen LogP contribution is -2.32. The molecule has 0 aliphatic rings. The highest BCUT2D eigenvalue weighted by Crippen LogP contribution is 2.18. The van der Waals surface area contributed by atoms with Crippen LogP contribution >= 0.6 is 0 Å². The molecule has 0 unspecified atom stereocenters. The molecule has 0 atom stereocenters. The van der Waals surface area contributed by atoms with Gasteiger partial charge in [-0.3, -0.25) is 18.8 Å². The fraction of sp³-hybridized carbons (Fsp3) is 0.222. The third kappa shape index (κ3) is 3.65. The summed E-state index contributed by atoms with van der Waals surface area (Å²) in [5.41, 5.74) is 2.64. The van der Waals surface area contributed by atoms with E-state index < -0.39 is 0 Å². The molecule has 7 heteroatoms. The number of carbonyl (C=O) groups is 1. The molecule has 0 saturated heterocycles. The van der Waals surface area contributed by atoms with Crippen LogP contribution in [0.5, 0.6) is 0 Å². The number of rotatable bonds is 5. The molecule has 1 amide bonds. The predicted octanol–water partition coefficient (Wildman–Crippen LogP) is 1.38. The van der Waals surface area contributed by atoms with E-state index in [0.717, 1.165) is 11.3 Å². The van der Waals surface area contributed by atoms with Crippen molar-refractivity contribution in [2.45, 2.75) is 13.5 Å². The summed E-state index contributed by atoms with van der Waals surface area (Å²) in [7, 11) is 1.73. The Morgan fingerprint density at radius 3 is 2.76 bits per heavy atom. The van der Waals surface area contributed by atoms with E-state index >= 15 is 0 Å². The second-order valence-corrected chi connectivity index (χ2v) is 5.74. The van der Waals surface area contributed by atoms with Crippen LogP contribution in [-0.4, -0.2) is 31.8 Å². The van der Waals surface area contributed by atoms with Crippen LogP contribution in [0.1, 0.15) is 16.1 Å². The normalized spacial score (nSPS) is 10.6. The largest absolute Gasteiger partial charge is 0.349 e. The average Bonchev–Trinajstić information content (AvgIpc) is 3.01. The predicted molar refractivity (Wildman–Crippen MR) is 94.2 cm³/mol. The number of aryl methyl sites for hydroxylation is 2. The topological polar surface area (TPSA) is 81.8 Å². The monoisotopic (exact) mass is 337 g/mol. The Morgan fingerprint density at radius 2 is 2.00 bits per heavy atom. The van der Waals surface area contributed by atoms with Gasteiger partial charge in [-0.25, -0.2) is 4.98 Å². The molecule has 0 spiro atoms. The molecular formula is C18H19N5O2. The molecule has 0 saturated carbocycles. The molecule has 1 N–H and O–H groups in total. The Labute approximate surface area is 144 Å². The van der Waals surface area contributed by atoms with Gasteiger partial charge in [-0.15, -0.1) is 0 Å². The summed E-state index contributed by atoms with van der Waals surface area (Å²) >= 11 is 0. The molecular weight excluding hydrogens is 318 g/mol. The smallest absolute Gasteiger partial charge is 0.269 e. The first kappa shape index (κ1) is 16.6. The van der Waals surface area contributed by atoms with Gasteiger partial charge in [0, 0.05) is 37.5 Å². The minimum absolute atomic E-state index is 0.101. The molecule has 0 bridgehead atoms. The Morgan fingerprint density at radius 1 is 1.24 bits per heavy atom. The van der Waals surface area contributed by atoms with E-state index in [1.807, 2.05) is 30.3 Å². The van der Waals surface area contributed by atoms with Crippen LogP contribution in [-0.2, 0) is 13.6 Å². The van der Waals surface area contributed by atoms with Gasteiger partial charge in [-0.05, 0) is 13.0 Å². The van der Waals surface area contributed by atoms with Crippen molar-refractivity contribution in [3.8, 4) is 11.3 Å². The van der Waals surface area contributed by atoms with Gasteiger partial charge in [0.15, 0.2) is 0 Å². The van der Waals surface area contributed by atoms with Crippen molar-refractivity contribution < 1.29 is 4.79 Å². The third-order valence-electron chi connectivity index (χ3n) is 3.89. The van der Waals surface area contributed by atoms with Crippen LogP contribution in [0.25, 0.3) is 11.3 Å². The Bertz CT molecular complexity index is 944. The molecule has 0 fully saturated rings. The van der Waals surface area contributed by atoms with Crippen molar-refractivity contribution in [3.63, 3.8) is 0 Å². The fourth-order valence-electron chi connectivity index (χ4n) is 2.53. The fourth-order valence-corrected chi connectivity index (χ4v) is 2.53. The Kier molecular flexibility index (Phi) is 4.74. The van der Waals surface area contributed by atoms with E-state index in [9.17, 15) is 9.59 Å². The number of aromatic nitrogens is 4. The highest BCUT2D eigenvalue weighted by molar-refractivity contribution is 5.93. The number of nitrogens with zero attached hydrogens (tertiary/aromatic N) is 4. The molecule has 2 aromatic heterocycles. The maximum Gasteiger partial charge on any atom is 0.269 e. The van der Waals surface area contributed by atoms with E-state index in [2.05, 4.69) is 15.4 Å². The highest BCUT2D eigenvalue weighted by Gasteiger charge is 2.13. The van der Waals surface area contributed by atoms with Crippen molar-refractivity contribution in [2.75, 3.05) is 6.54 Å². The van der Waals surface area contributed by atoms with E-state index in [1.54, 1.807) is 24.7 Å². The van der Waals surface area contributed by atoms with Crippen molar-refractivity contribution in [2.24, 2.45) is 7.05 Å². The minimum atomic E-state index is -0.231. The van der Waals surface area contributed by atoms with Crippen LogP contribution in [0.15, 0.2) is 53.7 Å². The molecule has 128 valence electrons. The molecule has 3 rings (SSSR count). The number of carbonyl (C=O) groups excluding carboxylic acids is 1. The molecule has 3 aromatic rings. The minimum Gasteiger partial charge on any atom is -0.349 e. The SMILES string of the molecule is Cc1cncn(CCNC(=O)c2cc(-c3ccccc3)nn2C)c1=O. The Hall–Kier alpha value is -3.22. The maximum atomic E-state index is 12.4. The van der Waals surface area contributed by atoms with Crippen LogP contribution in [0.2, 0.25) is 0 Å². The second kappa shape index (κ2) is 7.12. The number of amides is 1. The number of hydrogen-bond acceptors (Lipinski definition) is 4. The summed E-state index contributed by atoms with van der Waals surface area (Å²) in [6.45, 7) is 2.41. The van der Waals surface area contributed by atoms with E-state index in [0.29, 0.717) is 24.3 Å². The van der Waals surface area contributed by atoms with Crippen LogP contribution < -0.4 is 10.9 Å². The van der Waals surface area contributed by atoms with Crippen molar-refractivity contribution in [3.05, 3.63) is 70.5 Å². The summed E-state index contributed by atoms with van der Waals surface area (Å²) in [4.78, 5) is 28.3. The van der Waals surface area contributed by atoms with Gasteiger partial charge in [0.2, 0.25) is 0 Å². The highest BCUT2D eigenvalue weighted by atomic mass is 16.2. The van der Waals surface area contributed by atoms with Crippen LogP contribution in [0.3, 0.4) is 0 Å². The van der Waals surface area contributed by atoms with Gasteiger partial charge in [0.05, 0.1) is 12.0 Å². The van der Waals surface area contributed by atoms with Crippen molar-refractivity contribution in [1.29, 1.82) is 0 Å². The lowest BCUT2D eigenvalue weighted by Gasteiger charge is -2.07. The van der Waals surface area contributed by atoms with E-state index in [1.165, 1.54) is 17.1 Å². The Balaban J connectivity index is 1.67.